The first-order valence-corrected chi connectivity index (χ1v) is 8.21. The first kappa shape index (κ1) is 17.0. The number of rotatable bonds is 5. The molecule has 1 heterocycles. The highest BCUT2D eigenvalue weighted by Gasteiger charge is 2.21. The molecule has 25 heavy (non-hydrogen) atoms. The number of para-hydroxylation sites is 1. The summed E-state index contributed by atoms with van der Waals surface area (Å²) < 4.78 is 10.7. The van der Waals surface area contributed by atoms with Gasteiger partial charge in [0, 0.05) is 16.7 Å². The number of benzene rings is 2. The van der Waals surface area contributed by atoms with E-state index in [-0.39, 0.29) is 11.6 Å². The molecule has 2 aromatic carbocycles. The Bertz CT molecular complexity index is 867. The average molecular weight is 354 g/mol. The van der Waals surface area contributed by atoms with Gasteiger partial charge in [-0.1, -0.05) is 41.9 Å². The van der Waals surface area contributed by atoms with E-state index in [1.54, 1.807) is 30.4 Å². The predicted molar refractivity (Wildman–Crippen MR) is 99.6 cm³/mol. The first-order chi connectivity index (χ1) is 12.2. The van der Waals surface area contributed by atoms with E-state index < -0.39 is 5.97 Å². The van der Waals surface area contributed by atoms with Crippen LogP contribution in [-0.2, 0) is 9.53 Å². The van der Waals surface area contributed by atoms with E-state index >= 15 is 0 Å². The van der Waals surface area contributed by atoms with Crippen LogP contribution in [0.25, 0.3) is 12.2 Å². The molecule has 0 unspecified atom stereocenters. The normalized spacial score (nSPS) is 15.5. The van der Waals surface area contributed by atoms with Crippen molar-refractivity contribution >= 4 is 35.6 Å². The summed E-state index contributed by atoms with van der Waals surface area (Å²) in [6, 6.07) is 14.8. The maximum atomic E-state index is 12.0. The second-order valence-corrected chi connectivity index (χ2v) is 5.66. The lowest BCUT2D eigenvalue weighted by Gasteiger charge is -2.06. The molecule has 0 fully saturated rings. The predicted octanol–water partition coefficient (Wildman–Crippen LogP) is 4.75. The second-order valence-electron chi connectivity index (χ2n) is 5.22. The fourth-order valence-electron chi connectivity index (χ4n) is 2.27. The number of esters is 1. The monoisotopic (exact) mass is 353 g/mol. The third-order valence-electron chi connectivity index (χ3n) is 3.44. The van der Waals surface area contributed by atoms with E-state index in [0.717, 1.165) is 11.1 Å². The summed E-state index contributed by atoms with van der Waals surface area (Å²) in [6.07, 6.45) is 5.12. The van der Waals surface area contributed by atoms with Gasteiger partial charge in [0.15, 0.2) is 5.70 Å². The number of cyclic esters (lactones) is 1. The summed E-state index contributed by atoms with van der Waals surface area (Å²) in [7, 11) is 0. The number of aliphatic imine (C=N–C) groups is 1. The Morgan fingerprint density at radius 1 is 1.12 bits per heavy atom. The maximum absolute atomic E-state index is 12.0. The molecule has 0 atom stereocenters. The number of halogens is 1. The minimum absolute atomic E-state index is 0.239. The van der Waals surface area contributed by atoms with E-state index in [1.807, 2.05) is 43.3 Å². The number of nitrogens with zero attached hydrogens (tertiary/aromatic N) is 1. The first-order valence-electron chi connectivity index (χ1n) is 7.84. The SMILES string of the molecule is CCOc1ccccc1C=C1N=C(C=Cc2ccc(Cl)cc2)OC1=O. The summed E-state index contributed by atoms with van der Waals surface area (Å²) in [5, 5.41) is 0.667. The molecule has 2 aromatic rings. The Hall–Kier alpha value is -2.85. The summed E-state index contributed by atoms with van der Waals surface area (Å²) >= 11 is 5.85. The molecule has 126 valence electrons. The molecule has 0 radical (unpaired) electrons. The Labute approximate surface area is 151 Å². The third kappa shape index (κ3) is 4.37. The molecule has 4 nitrogen and oxygen atoms in total. The van der Waals surface area contributed by atoms with Crippen molar-refractivity contribution in [3.63, 3.8) is 0 Å². The van der Waals surface area contributed by atoms with Crippen LogP contribution in [0.1, 0.15) is 18.1 Å². The highest BCUT2D eigenvalue weighted by atomic mass is 35.5. The Balaban J connectivity index is 1.81. The standard InChI is InChI=1S/C20H16ClNO3/c1-2-24-18-6-4-3-5-15(18)13-17-20(23)25-19(22-17)12-9-14-7-10-16(21)11-8-14/h3-13H,2H2,1H3. The highest BCUT2D eigenvalue weighted by molar-refractivity contribution is 6.30. The van der Waals surface area contributed by atoms with Gasteiger partial charge in [-0.05, 0) is 42.8 Å². The summed E-state index contributed by atoms with van der Waals surface area (Å²) in [6.45, 7) is 2.45. The van der Waals surface area contributed by atoms with Crippen LogP contribution < -0.4 is 4.74 Å². The van der Waals surface area contributed by atoms with Gasteiger partial charge in [0.2, 0.25) is 5.90 Å². The van der Waals surface area contributed by atoms with Crippen LogP contribution in [-0.4, -0.2) is 18.5 Å². The molecule has 1 aliphatic rings. The maximum Gasteiger partial charge on any atom is 0.363 e. The Morgan fingerprint density at radius 2 is 1.88 bits per heavy atom. The molecule has 0 amide bonds. The van der Waals surface area contributed by atoms with Crippen molar-refractivity contribution < 1.29 is 14.3 Å². The van der Waals surface area contributed by atoms with Crippen LogP contribution in [0.2, 0.25) is 5.02 Å². The number of ether oxygens (including phenoxy) is 2. The number of carbonyl (C=O) groups is 1. The summed E-state index contributed by atoms with van der Waals surface area (Å²) in [5.74, 6) is 0.466. The lowest BCUT2D eigenvalue weighted by Crippen LogP contribution is -2.01. The minimum atomic E-state index is -0.484. The lowest BCUT2D eigenvalue weighted by molar-refractivity contribution is -0.129. The molecular formula is C20H16ClNO3. The number of carbonyl (C=O) groups excluding carboxylic acids is 1. The van der Waals surface area contributed by atoms with Crippen molar-refractivity contribution in [2.45, 2.75) is 6.92 Å². The largest absolute Gasteiger partial charge is 0.493 e. The van der Waals surface area contributed by atoms with Crippen LogP contribution >= 0.6 is 11.6 Å². The van der Waals surface area contributed by atoms with Crippen LogP contribution in [0.3, 0.4) is 0 Å². The van der Waals surface area contributed by atoms with Gasteiger partial charge < -0.3 is 9.47 Å². The van der Waals surface area contributed by atoms with E-state index in [1.165, 1.54) is 0 Å². The van der Waals surface area contributed by atoms with Gasteiger partial charge in [0.1, 0.15) is 5.75 Å². The zero-order valence-electron chi connectivity index (χ0n) is 13.6. The number of hydrogen-bond donors (Lipinski definition) is 0. The van der Waals surface area contributed by atoms with E-state index in [0.29, 0.717) is 17.4 Å². The van der Waals surface area contributed by atoms with Gasteiger partial charge in [-0.3, -0.25) is 0 Å². The van der Waals surface area contributed by atoms with Crippen molar-refractivity contribution in [2.75, 3.05) is 6.61 Å². The van der Waals surface area contributed by atoms with Gasteiger partial charge in [0.05, 0.1) is 6.61 Å². The lowest BCUT2D eigenvalue weighted by atomic mass is 10.1. The van der Waals surface area contributed by atoms with Crippen LogP contribution in [0.4, 0.5) is 0 Å². The molecule has 0 aliphatic carbocycles. The molecular weight excluding hydrogens is 338 g/mol. The van der Waals surface area contributed by atoms with Crippen LogP contribution in [0, 0.1) is 0 Å². The molecule has 0 bridgehead atoms. The van der Waals surface area contributed by atoms with E-state index in [9.17, 15) is 4.79 Å². The zero-order chi connectivity index (χ0) is 17.6. The quantitative estimate of drug-likeness (QED) is 0.575. The minimum Gasteiger partial charge on any atom is -0.493 e. The van der Waals surface area contributed by atoms with Gasteiger partial charge >= 0.3 is 5.97 Å². The van der Waals surface area contributed by atoms with Crippen LogP contribution in [0.15, 0.2) is 65.3 Å². The molecule has 3 rings (SSSR count). The fourth-order valence-corrected chi connectivity index (χ4v) is 2.40. The highest BCUT2D eigenvalue weighted by Crippen LogP contribution is 2.24. The third-order valence-corrected chi connectivity index (χ3v) is 3.69. The molecule has 0 saturated carbocycles. The van der Waals surface area contributed by atoms with E-state index in [2.05, 4.69) is 4.99 Å². The second kappa shape index (κ2) is 7.81. The zero-order valence-corrected chi connectivity index (χ0v) is 14.4. The fraction of sp³-hybridized carbons (Fsp3) is 0.100. The molecule has 0 N–H and O–H groups in total. The van der Waals surface area contributed by atoms with Crippen molar-refractivity contribution in [3.8, 4) is 5.75 Å². The number of hydrogen-bond acceptors (Lipinski definition) is 4. The van der Waals surface area contributed by atoms with Crippen molar-refractivity contribution in [1.29, 1.82) is 0 Å². The van der Waals surface area contributed by atoms with Gasteiger partial charge in [-0.2, -0.15) is 0 Å². The van der Waals surface area contributed by atoms with Gasteiger partial charge in [0.25, 0.3) is 0 Å². The topological polar surface area (TPSA) is 47.9 Å². The molecule has 0 aromatic heterocycles. The van der Waals surface area contributed by atoms with Crippen LogP contribution in [0.5, 0.6) is 5.75 Å². The van der Waals surface area contributed by atoms with E-state index in [4.69, 9.17) is 21.1 Å². The molecule has 0 saturated heterocycles. The van der Waals surface area contributed by atoms with Crippen molar-refractivity contribution in [3.05, 3.63) is 76.5 Å². The van der Waals surface area contributed by atoms with Gasteiger partial charge in [-0.15, -0.1) is 0 Å². The molecule has 1 aliphatic heterocycles. The Morgan fingerprint density at radius 3 is 2.64 bits per heavy atom. The average Bonchev–Trinajstić information content (AvgIpc) is 2.96. The van der Waals surface area contributed by atoms with Crippen molar-refractivity contribution in [1.82, 2.24) is 0 Å². The molecule has 0 spiro atoms. The summed E-state index contributed by atoms with van der Waals surface area (Å²) in [5.41, 5.74) is 1.95. The smallest absolute Gasteiger partial charge is 0.363 e. The molecule has 5 heteroatoms. The van der Waals surface area contributed by atoms with Crippen molar-refractivity contribution in [2.24, 2.45) is 4.99 Å². The Kier molecular flexibility index (Phi) is 5.31. The van der Waals surface area contributed by atoms with Gasteiger partial charge in [-0.25, -0.2) is 9.79 Å². The summed E-state index contributed by atoms with van der Waals surface area (Å²) in [4.78, 5) is 16.3.